The van der Waals surface area contributed by atoms with Crippen molar-refractivity contribution < 1.29 is 19.5 Å². The molecule has 2 amide bonds. The second-order valence-corrected chi connectivity index (χ2v) is 8.70. The van der Waals surface area contributed by atoms with Gasteiger partial charge in [-0.1, -0.05) is 45.7 Å². The molecule has 0 bridgehead atoms. The number of carbonyl (C=O) groups is 2. The number of hydrogen-bond acceptors (Lipinski definition) is 5. The molecule has 2 aliphatic rings. The first-order chi connectivity index (χ1) is 15.0. The predicted octanol–water partition coefficient (Wildman–Crippen LogP) is 4.86. The van der Waals surface area contributed by atoms with Crippen LogP contribution in [0, 0.1) is 5.92 Å². The number of para-hydroxylation sites is 1. The lowest BCUT2D eigenvalue weighted by molar-refractivity contribution is -0.126. The second-order valence-electron chi connectivity index (χ2n) is 7.35. The molecule has 3 aromatic rings. The third-order valence-electron chi connectivity index (χ3n) is 5.52. The molecule has 0 radical (unpaired) electrons. The van der Waals surface area contributed by atoms with E-state index in [1.165, 1.54) is 5.06 Å². The van der Waals surface area contributed by atoms with Crippen molar-refractivity contribution in [1.29, 1.82) is 0 Å². The van der Waals surface area contributed by atoms with Crippen molar-refractivity contribution in [1.82, 2.24) is 0 Å². The first-order valence-electron chi connectivity index (χ1n) is 9.58. The molecule has 0 aromatic heterocycles. The molecule has 2 fully saturated rings. The number of halogens is 2. The zero-order valence-corrected chi connectivity index (χ0v) is 18.3. The lowest BCUT2D eigenvalue weighted by atomic mass is 9.90. The first kappa shape index (κ1) is 20.1. The van der Waals surface area contributed by atoms with E-state index in [1.807, 2.05) is 6.07 Å². The Kier molecular flexibility index (Phi) is 4.97. The standard InChI is InChI=1S/C23H16BrClN2O4/c24-13-6-11-18(28)17(12-13)20-19-21(31-27(20)16-9-7-14(25)8-10-16)23(30)26(22(19)29)15-4-2-1-3-5-15/h1-12,19-21,28H/t19-,20-,21+/m1/s1. The number of fused-ring (bicyclic) bond motifs is 1. The molecule has 0 unspecified atom stereocenters. The highest BCUT2D eigenvalue weighted by atomic mass is 79.9. The monoisotopic (exact) mass is 498 g/mol. The Morgan fingerprint density at radius 3 is 2.32 bits per heavy atom. The summed E-state index contributed by atoms with van der Waals surface area (Å²) in [4.78, 5) is 33.9. The molecular formula is C23H16BrClN2O4. The number of anilines is 2. The fourth-order valence-electron chi connectivity index (χ4n) is 4.14. The summed E-state index contributed by atoms with van der Waals surface area (Å²) in [5, 5.41) is 12.7. The van der Waals surface area contributed by atoms with Crippen molar-refractivity contribution in [2.75, 3.05) is 9.96 Å². The van der Waals surface area contributed by atoms with Crippen LogP contribution in [0.15, 0.2) is 77.3 Å². The minimum absolute atomic E-state index is 0.00910. The van der Waals surface area contributed by atoms with E-state index in [9.17, 15) is 14.7 Å². The molecule has 2 saturated heterocycles. The van der Waals surface area contributed by atoms with Crippen molar-refractivity contribution >= 4 is 50.7 Å². The Hall–Kier alpha value is -2.87. The Morgan fingerprint density at radius 1 is 0.903 bits per heavy atom. The molecule has 1 N–H and O–H groups in total. The van der Waals surface area contributed by atoms with Gasteiger partial charge >= 0.3 is 0 Å². The molecule has 0 aliphatic carbocycles. The van der Waals surface area contributed by atoms with E-state index in [2.05, 4.69) is 15.9 Å². The topological polar surface area (TPSA) is 70.1 Å². The second kappa shape index (κ2) is 7.67. The van der Waals surface area contributed by atoms with Gasteiger partial charge in [-0.3, -0.25) is 14.4 Å². The van der Waals surface area contributed by atoms with Crippen LogP contribution in [-0.2, 0) is 14.4 Å². The van der Waals surface area contributed by atoms with Gasteiger partial charge in [-0.2, -0.15) is 0 Å². The van der Waals surface area contributed by atoms with E-state index in [1.54, 1.807) is 66.7 Å². The fourth-order valence-corrected chi connectivity index (χ4v) is 4.64. The number of phenolic OH excluding ortho intramolecular Hbond substituents is 1. The van der Waals surface area contributed by atoms with Crippen LogP contribution in [0.4, 0.5) is 11.4 Å². The molecule has 0 saturated carbocycles. The van der Waals surface area contributed by atoms with Crippen molar-refractivity contribution in [2.24, 2.45) is 5.92 Å². The smallest absolute Gasteiger partial charge is 0.266 e. The van der Waals surface area contributed by atoms with Gasteiger partial charge in [-0.25, -0.2) is 9.96 Å². The van der Waals surface area contributed by atoms with E-state index in [0.717, 1.165) is 9.37 Å². The van der Waals surface area contributed by atoms with E-state index >= 15 is 0 Å². The number of benzene rings is 3. The van der Waals surface area contributed by atoms with Crippen LogP contribution in [0.25, 0.3) is 0 Å². The van der Waals surface area contributed by atoms with Crippen LogP contribution in [0.1, 0.15) is 11.6 Å². The number of phenols is 1. The van der Waals surface area contributed by atoms with Crippen LogP contribution in [0.3, 0.4) is 0 Å². The minimum Gasteiger partial charge on any atom is -0.508 e. The van der Waals surface area contributed by atoms with E-state index in [-0.39, 0.29) is 11.7 Å². The van der Waals surface area contributed by atoms with Crippen molar-refractivity contribution in [2.45, 2.75) is 12.1 Å². The van der Waals surface area contributed by atoms with Gasteiger partial charge in [0.1, 0.15) is 11.7 Å². The lowest BCUT2D eigenvalue weighted by Crippen LogP contribution is -2.37. The molecule has 2 aliphatic heterocycles. The quantitative estimate of drug-likeness (QED) is 0.521. The van der Waals surface area contributed by atoms with E-state index < -0.39 is 24.0 Å². The van der Waals surface area contributed by atoms with Crippen LogP contribution in [0.5, 0.6) is 5.75 Å². The SMILES string of the molecule is O=C1[C@H]2[C@H](ON(c3ccc(Cl)cc3)[C@@H]2c2cc(Br)ccc2O)C(=O)N1c1ccccc1. The van der Waals surface area contributed by atoms with Gasteiger partial charge in [-0.15, -0.1) is 0 Å². The summed E-state index contributed by atoms with van der Waals surface area (Å²) in [7, 11) is 0. The summed E-state index contributed by atoms with van der Waals surface area (Å²) in [5.41, 5.74) is 1.59. The number of nitrogens with zero attached hydrogens (tertiary/aromatic N) is 2. The number of rotatable bonds is 3. The Morgan fingerprint density at radius 2 is 1.61 bits per heavy atom. The molecule has 31 heavy (non-hydrogen) atoms. The van der Waals surface area contributed by atoms with Crippen molar-refractivity contribution in [3.8, 4) is 5.75 Å². The first-order valence-corrected chi connectivity index (χ1v) is 10.8. The molecule has 3 atom stereocenters. The summed E-state index contributed by atoms with van der Waals surface area (Å²) < 4.78 is 0.733. The van der Waals surface area contributed by atoms with Crippen molar-refractivity contribution in [3.63, 3.8) is 0 Å². The fraction of sp³-hybridized carbons (Fsp3) is 0.130. The zero-order valence-electron chi connectivity index (χ0n) is 16.0. The van der Waals surface area contributed by atoms with Gasteiger partial charge in [0.05, 0.1) is 17.4 Å². The van der Waals surface area contributed by atoms with Crippen molar-refractivity contribution in [3.05, 3.63) is 87.9 Å². The third-order valence-corrected chi connectivity index (χ3v) is 6.26. The molecule has 156 valence electrons. The number of hydrogen-bond donors (Lipinski definition) is 1. The normalized spacial score (nSPS) is 22.8. The number of hydroxylamine groups is 1. The summed E-state index contributed by atoms with van der Waals surface area (Å²) in [6.07, 6.45) is -1.01. The molecule has 6 nitrogen and oxygen atoms in total. The van der Waals surface area contributed by atoms with Crippen LogP contribution < -0.4 is 9.96 Å². The van der Waals surface area contributed by atoms with Crippen LogP contribution >= 0.6 is 27.5 Å². The largest absolute Gasteiger partial charge is 0.508 e. The number of imide groups is 1. The summed E-state index contributed by atoms with van der Waals surface area (Å²) >= 11 is 9.45. The van der Waals surface area contributed by atoms with Gasteiger partial charge in [0, 0.05) is 15.1 Å². The molecule has 3 aromatic carbocycles. The van der Waals surface area contributed by atoms with Gasteiger partial charge in [0.25, 0.3) is 5.91 Å². The zero-order chi connectivity index (χ0) is 21.7. The van der Waals surface area contributed by atoms with Gasteiger partial charge in [-0.05, 0) is 54.6 Å². The maximum absolute atomic E-state index is 13.5. The maximum atomic E-state index is 13.5. The average molecular weight is 500 g/mol. The number of amides is 2. The highest BCUT2D eigenvalue weighted by Gasteiger charge is 2.60. The van der Waals surface area contributed by atoms with E-state index in [4.69, 9.17) is 16.4 Å². The lowest BCUT2D eigenvalue weighted by Gasteiger charge is -2.29. The van der Waals surface area contributed by atoms with Gasteiger partial charge in [0.2, 0.25) is 5.91 Å². The number of aromatic hydroxyl groups is 1. The highest BCUT2D eigenvalue weighted by molar-refractivity contribution is 9.10. The average Bonchev–Trinajstić information content (AvgIpc) is 3.27. The van der Waals surface area contributed by atoms with Crippen LogP contribution in [-0.4, -0.2) is 23.0 Å². The Labute approximate surface area is 191 Å². The van der Waals surface area contributed by atoms with E-state index in [0.29, 0.717) is 22.0 Å². The highest BCUT2D eigenvalue weighted by Crippen LogP contribution is 2.49. The predicted molar refractivity (Wildman–Crippen MR) is 120 cm³/mol. The molecule has 0 spiro atoms. The molecule has 2 heterocycles. The Bertz CT molecular complexity index is 1170. The molecule has 5 rings (SSSR count). The van der Waals surface area contributed by atoms with Gasteiger partial charge in [0.15, 0.2) is 6.10 Å². The number of carbonyl (C=O) groups excluding carboxylic acids is 2. The maximum Gasteiger partial charge on any atom is 0.266 e. The molecular weight excluding hydrogens is 484 g/mol. The summed E-state index contributed by atoms with van der Waals surface area (Å²) in [5.74, 6) is -1.63. The molecule has 8 heteroatoms. The minimum atomic E-state index is -1.01. The third kappa shape index (κ3) is 3.29. The summed E-state index contributed by atoms with van der Waals surface area (Å²) in [6.45, 7) is 0. The summed E-state index contributed by atoms with van der Waals surface area (Å²) in [6, 6.07) is 19.9. The Balaban J connectivity index is 1.63. The van der Waals surface area contributed by atoms with Crippen LogP contribution in [0.2, 0.25) is 5.02 Å². The van der Waals surface area contributed by atoms with Gasteiger partial charge < -0.3 is 5.11 Å².